The standard InChI is InChI=1S/CH5N2O2.CH4N2.3K.H2O8S2.2H2O2/c2-1(3)5-4;2-1-3;;;;1-9(2,3)7-8-10(4,5)6;2*1-2/h4H,2-3H2;2-3H2;;;;(H,1,2,3)(H,4,5,6);2*1-2H. The van der Waals surface area contributed by atoms with Crippen LogP contribution in [0.2, 0.25) is 0 Å². The Morgan fingerprint density at radius 3 is 0.880 bits per heavy atom. The maximum absolute atomic E-state index is 9.51. The van der Waals surface area contributed by atoms with Crippen molar-refractivity contribution in [3.05, 3.63) is 0 Å². The van der Waals surface area contributed by atoms with Crippen molar-refractivity contribution >= 4 is 168 Å². The molecule has 0 aromatic carbocycles. The molecule has 15 N–H and O–H groups in total. The monoisotopic (exact) mass is 500 g/mol. The van der Waals surface area contributed by atoms with Crippen molar-refractivity contribution in [1.82, 2.24) is 0 Å². The van der Waals surface area contributed by atoms with Gasteiger partial charge in [0.05, 0.1) is 0 Å². The molecule has 0 saturated heterocycles. The number of hydrogen-bond donors (Lipinski definition) is 11. The molecule has 0 aliphatic rings. The van der Waals surface area contributed by atoms with Gasteiger partial charge >= 0.3 is 195 Å². The predicted molar refractivity (Wildman–Crippen MR) is 79.0 cm³/mol. The predicted octanol–water partition coefficient (Wildman–Crippen LogP) is -5.40. The van der Waals surface area contributed by atoms with Crippen molar-refractivity contribution in [2.75, 3.05) is 0 Å². The molecule has 0 saturated carbocycles. The molecule has 0 aromatic rings. The largest absolute Gasteiger partial charge is 0.425 e. The SMILES string of the molecule is N[C](N)([K])OO.N[C](N)([K])[K].O=S(=O)(O)OOS(=O)(=O)O.OO.OO. The van der Waals surface area contributed by atoms with Crippen molar-refractivity contribution < 1.29 is 65.8 Å². The minimum Gasteiger partial charge on any atom is -0.262 e. The maximum Gasteiger partial charge on any atom is 0.425 e. The van der Waals surface area contributed by atoms with Crippen LogP contribution >= 0.6 is 0 Å². The fraction of sp³-hybridized carbons (Fsp3) is 1.00. The third-order valence-electron chi connectivity index (χ3n) is 0.396. The van der Waals surface area contributed by atoms with Crippen molar-refractivity contribution in [3.63, 3.8) is 0 Å². The van der Waals surface area contributed by atoms with E-state index < -0.39 is 20.7 Å². The first-order chi connectivity index (χ1) is 10.8. The van der Waals surface area contributed by atoms with Crippen LogP contribution in [0, 0.1) is 0 Å². The second-order valence-electron chi connectivity index (χ2n) is 4.09. The van der Waals surface area contributed by atoms with Gasteiger partial charge in [-0.2, -0.15) is 16.8 Å². The average molecular weight is 501 g/mol. The third kappa shape index (κ3) is 95.9. The van der Waals surface area contributed by atoms with Gasteiger partial charge in [-0.1, -0.05) is 8.67 Å². The molecule has 0 radical (unpaired) electrons. The zero-order valence-corrected chi connectivity index (χ0v) is 24.1. The van der Waals surface area contributed by atoms with Crippen molar-refractivity contribution in [3.8, 4) is 0 Å². The minimum atomic E-state index is -5.02. The first-order valence-corrected chi connectivity index (χ1v) is 12.4. The third-order valence-corrected chi connectivity index (χ3v) is 1.25. The van der Waals surface area contributed by atoms with Gasteiger partial charge in [-0.3, -0.25) is 30.1 Å². The second kappa shape index (κ2) is 21.5. The van der Waals surface area contributed by atoms with Crippen LogP contribution in [0.1, 0.15) is 0 Å². The molecule has 18 nitrogen and oxygen atoms in total. The molecule has 0 unspecified atom stereocenters. The summed E-state index contributed by atoms with van der Waals surface area (Å²) in [6, 6.07) is 0. The Morgan fingerprint density at radius 1 is 0.720 bits per heavy atom. The zero-order chi connectivity index (χ0) is 22.1. The Hall–Kier alpha value is 4.25. The van der Waals surface area contributed by atoms with E-state index in [1.807, 2.05) is 0 Å². The van der Waals surface area contributed by atoms with Gasteiger partial charge in [-0.05, 0) is 0 Å². The minimum absolute atomic E-state index is 0.0920. The van der Waals surface area contributed by atoms with E-state index in [0.29, 0.717) is 97.9 Å². The summed E-state index contributed by atoms with van der Waals surface area (Å²) in [5.74, 6) is 0. The van der Waals surface area contributed by atoms with Crippen LogP contribution in [0.5, 0.6) is 0 Å². The molecule has 0 amide bonds. The van der Waals surface area contributed by atoms with Crippen molar-refractivity contribution in [2.45, 2.75) is -6.20 Å². The van der Waals surface area contributed by atoms with Gasteiger partial charge in [0.25, 0.3) is 0 Å². The molecule has 0 bridgehead atoms. The molecule has 25 heavy (non-hydrogen) atoms. The molecule has 23 heteroatoms. The van der Waals surface area contributed by atoms with E-state index >= 15 is 0 Å². The second-order valence-corrected chi connectivity index (χ2v) is 20.1. The van der Waals surface area contributed by atoms with Crippen molar-refractivity contribution in [1.29, 1.82) is 0 Å². The average Bonchev–Trinajstić information content (AvgIpc) is 2.38. The molecule has 0 aromatic heterocycles. The molecule has 0 aliphatic heterocycles. The van der Waals surface area contributed by atoms with Crippen LogP contribution in [0.25, 0.3) is 0 Å². The maximum atomic E-state index is 9.51. The Morgan fingerprint density at radius 2 is 0.840 bits per heavy atom. The molecule has 142 valence electrons. The van der Waals surface area contributed by atoms with Gasteiger partial charge in [0.2, 0.25) is 0 Å². The Bertz CT molecular complexity index is 431. The summed E-state index contributed by atoms with van der Waals surface area (Å²) in [7, 11) is -10.0. The van der Waals surface area contributed by atoms with Gasteiger partial charge in [0, 0.05) is 0 Å². The van der Waals surface area contributed by atoms with E-state index in [4.69, 9.17) is 58.3 Å². The number of hydrogen-bond acceptors (Lipinski definition) is 16. The van der Waals surface area contributed by atoms with Crippen LogP contribution < -0.4 is 22.9 Å². The van der Waals surface area contributed by atoms with Gasteiger partial charge in [-0.15, -0.1) is 0 Å². The molecule has 0 spiro atoms. The first-order valence-electron chi connectivity index (χ1n) is 4.97. The van der Waals surface area contributed by atoms with Crippen LogP contribution in [0.3, 0.4) is 0 Å². The fourth-order valence-corrected chi connectivity index (χ4v) is 0.632. The Labute approximate surface area is 243 Å². The molecular weight excluding hydrogens is 485 g/mol. The number of nitrogens with two attached hydrogens (primary N) is 4. The summed E-state index contributed by atoms with van der Waals surface area (Å²) < 4.78 is 57.5. The van der Waals surface area contributed by atoms with Gasteiger partial charge in [0.1, 0.15) is 0 Å². The summed E-state index contributed by atoms with van der Waals surface area (Å²) in [4.78, 5) is 3.58. The molecular formula is C2H15K3N4O14S2. The molecule has 0 fully saturated rings. The Kier molecular flexibility index (Phi) is 34.1. The summed E-state index contributed by atoms with van der Waals surface area (Å²) in [6.45, 7) is 0. The summed E-state index contributed by atoms with van der Waals surface area (Å²) in [6.07, 6.45) is 0. The first kappa shape index (κ1) is 39.7. The van der Waals surface area contributed by atoms with E-state index in [9.17, 15) is 16.8 Å². The van der Waals surface area contributed by atoms with E-state index in [-0.39, 0.29) is 42.8 Å². The smallest absolute Gasteiger partial charge is 0.262 e. The van der Waals surface area contributed by atoms with Crippen LogP contribution in [0.15, 0.2) is 0 Å². The van der Waals surface area contributed by atoms with Crippen molar-refractivity contribution in [2.24, 2.45) is 22.9 Å². The summed E-state index contributed by atoms with van der Waals surface area (Å²) in [5.41, 5.74) is 20.4. The van der Waals surface area contributed by atoms with Gasteiger partial charge < -0.3 is 0 Å². The Balaban J connectivity index is -0.0000000767. The van der Waals surface area contributed by atoms with Crippen LogP contribution in [0.4, 0.5) is 0 Å². The molecule has 0 aliphatic carbocycles. The molecule has 0 atom stereocenters. The quantitative estimate of drug-likeness (QED) is 0.0563. The molecule has 0 rings (SSSR count). The number of rotatable bonds is 4. The van der Waals surface area contributed by atoms with Gasteiger partial charge in [0.15, 0.2) is 0 Å². The molecule has 0 heterocycles. The summed E-state index contributed by atoms with van der Waals surface area (Å²) in [5, 5.41) is 31.7. The van der Waals surface area contributed by atoms with Gasteiger partial charge in [-0.25, -0.2) is 0 Å². The van der Waals surface area contributed by atoms with Crippen LogP contribution in [-0.2, 0) is 34.4 Å². The topological polar surface area (TPSA) is 342 Å². The van der Waals surface area contributed by atoms with Crippen LogP contribution in [-0.4, -0.2) is 193 Å². The normalized spacial score (nSPS) is 11.2. The van der Waals surface area contributed by atoms with E-state index in [0.717, 1.165) is 0 Å². The summed E-state index contributed by atoms with van der Waals surface area (Å²) >= 11 is 1.37. The van der Waals surface area contributed by atoms with E-state index in [1.54, 1.807) is 0 Å². The van der Waals surface area contributed by atoms with E-state index in [1.165, 1.54) is 0 Å². The fourth-order valence-electron chi connectivity index (χ4n) is 0.0702. The van der Waals surface area contributed by atoms with E-state index in [2.05, 4.69) is 13.6 Å². The zero-order valence-electron chi connectivity index (χ0n) is 13.1.